The number of anilines is 2. The van der Waals surface area contributed by atoms with Gasteiger partial charge in [-0.3, -0.25) is 10.1 Å². The normalized spacial score (nSPS) is 16.7. The molecule has 2 aliphatic heterocycles. The van der Waals surface area contributed by atoms with Crippen LogP contribution >= 0.6 is 34.5 Å². The summed E-state index contributed by atoms with van der Waals surface area (Å²) in [4.78, 5) is 27.2. The smallest absolute Gasteiger partial charge is 0.322 e. The number of hydrogen-bond acceptors (Lipinski definition) is 7. The van der Waals surface area contributed by atoms with Crippen molar-refractivity contribution < 1.29 is 19.1 Å². The van der Waals surface area contributed by atoms with Gasteiger partial charge in [0.25, 0.3) is 0 Å². The lowest BCUT2D eigenvalue weighted by Crippen LogP contribution is -2.45. The molecule has 3 amide bonds. The number of halogens is 2. The Morgan fingerprint density at radius 3 is 2.76 bits per heavy atom. The first-order valence-electron chi connectivity index (χ1n) is 10.0. The monoisotopic (exact) mass is 505 g/mol. The van der Waals surface area contributed by atoms with Gasteiger partial charge in [0.05, 0.1) is 10.7 Å². The van der Waals surface area contributed by atoms with Crippen molar-refractivity contribution in [3.05, 3.63) is 46.4 Å². The summed E-state index contributed by atoms with van der Waals surface area (Å²) in [5.74, 6) is 0.996. The number of rotatable bonds is 4. The fraction of sp³-hybridized carbons (Fsp3) is 0.238. The number of amides is 3. The molecule has 3 aromatic rings. The second kappa shape index (κ2) is 9.05. The minimum atomic E-state index is -0.631. The lowest BCUT2D eigenvalue weighted by atomic mass is 10.2. The molecule has 0 aliphatic carbocycles. The Hall–Kier alpha value is -3.08. The van der Waals surface area contributed by atoms with E-state index in [9.17, 15) is 9.59 Å². The highest BCUT2D eigenvalue weighted by molar-refractivity contribution is 7.18. The Morgan fingerprint density at radius 1 is 1.06 bits per heavy atom. The van der Waals surface area contributed by atoms with Crippen LogP contribution in [0.4, 0.5) is 15.6 Å². The van der Waals surface area contributed by atoms with Crippen LogP contribution in [0.25, 0.3) is 10.6 Å². The number of aromatic nitrogens is 2. The summed E-state index contributed by atoms with van der Waals surface area (Å²) in [5, 5.41) is 15.5. The van der Waals surface area contributed by atoms with E-state index in [1.165, 1.54) is 16.2 Å². The number of ether oxygens (including phenoxy) is 2. The van der Waals surface area contributed by atoms with Crippen LogP contribution in [0.5, 0.6) is 11.5 Å². The minimum absolute atomic E-state index is 0.186. The average molecular weight is 506 g/mol. The molecule has 33 heavy (non-hydrogen) atoms. The van der Waals surface area contributed by atoms with Crippen molar-refractivity contribution >= 4 is 57.3 Å². The van der Waals surface area contributed by atoms with E-state index in [1.54, 1.807) is 24.3 Å². The number of urea groups is 1. The SMILES string of the molecule is O=C(Nc1nnc(-c2ccc3c(c2)OCO3)s1)C1CCCN1C(=O)Nc1ccc(Cl)cc1Cl. The van der Waals surface area contributed by atoms with Gasteiger partial charge >= 0.3 is 6.03 Å². The maximum Gasteiger partial charge on any atom is 0.322 e. The second-order valence-corrected chi connectivity index (χ2v) is 9.20. The maximum atomic E-state index is 12.9. The molecule has 1 aromatic heterocycles. The van der Waals surface area contributed by atoms with Crippen molar-refractivity contribution in [2.75, 3.05) is 24.0 Å². The number of nitrogens with zero attached hydrogens (tertiary/aromatic N) is 3. The van der Waals surface area contributed by atoms with Gasteiger partial charge in [0.2, 0.25) is 17.8 Å². The third-order valence-electron chi connectivity index (χ3n) is 5.26. The first kappa shape index (κ1) is 21.7. The molecule has 12 heteroatoms. The topological polar surface area (TPSA) is 106 Å². The summed E-state index contributed by atoms with van der Waals surface area (Å²) in [7, 11) is 0. The molecule has 2 N–H and O–H groups in total. The Morgan fingerprint density at radius 2 is 1.91 bits per heavy atom. The van der Waals surface area contributed by atoms with Gasteiger partial charge in [0, 0.05) is 17.1 Å². The van der Waals surface area contributed by atoms with Crippen LogP contribution in [0.2, 0.25) is 10.0 Å². The zero-order valence-electron chi connectivity index (χ0n) is 17.0. The van der Waals surface area contributed by atoms with E-state index >= 15 is 0 Å². The van der Waals surface area contributed by atoms with Gasteiger partial charge in [-0.2, -0.15) is 0 Å². The molecule has 1 atom stereocenters. The van der Waals surface area contributed by atoms with Crippen LogP contribution in [0.15, 0.2) is 36.4 Å². The number of fused-ring (bicyclic) bond motifs is 1. The summed E-state index contributed by atoms with van der Waals surface area (Å²) in [5.41, 5.74) is 1.23. The summed E-state index contributed by atoms with van der Waals surface area (Å²) in [6, 6.07) is 9.23. The van der Waals surface area contributed by atoms with Crippen LogP contribution in [-0.4, -0.2) is 46.4 Å². The second-order valence-electron chi connectivity index (χ2n) is 7.38. The van der Waals surface area contributed by atoms with E-state index in [1.807, 2.05) is 12.1 Å². The Kier molecular flexibility index (Phi) is 5.96. The highest BCUT2D eigenvalue weighted by Crippen LogP contribution is 2.37. The van der Waals surface area contributed by atoms with Gasteiger partial charge in [0.15, 0.2) is 11.5 Å². The molecular weight excluding hydrogens is 489 g/mol. The Bertz CT molecular complexity index is 1240. The van der Waals surface area contributed by atoms with Crippen molar-refractivity contribution in [3.63, 3.8) is 0 Å². The maximum absolute atomic E-state index is 12.9. The fourth-order valence-electron chi connectivity index (χ4n) is 3.67. The average Bonchev–Trinajstić information content (AvgIpc) is 3.55. The summed E-state index contributed by atoms with van der Waals surface area (Å²) >= 11 is 13.3. The number of hydrogen-bond donors (Lipinski definition) is 2. The van der Waals surface area contributed by atoms with Crippen molar-refractivity contribution in [2.45, 2.75) is 18.9 Å². The van der Waals surface area contributed by atoms with Crippen LogP contribution in [0, 0.1) is 0 Å². The first-order valence-corrected chi connectivity index (χ1v) is 11.6. The Labute approximate surface area is 202 Å². The van der Waals surface area contributed by atoms with Crippen molar-refractivity contribution in [2.24, 2.45) is 0 Å². The lowest BCUT2D eigenvalue weighted by molar-refractivity contribution is -0.119. The van der Waals surface area contributed by atoms with Crippen LogP contribution in [0.3, 0.4) is 0 Å². The molecule has 5 rings (SSSR count). The molecule has 9 nitrogen and oxygen atoms in total. The highest BCUT2D eigenvalue weighted by atomic mass is 35.5. The van der Waals surface area contributed by atoms with Crippen LogP contribution in [-0.2, 0) is 4.79 Å². The number of likely N-dealkylation sites (tertiary alicyclic amines) is 1. The molecule has 0 radical (unpaired) electrons. The summed E-state index contributed by atoms with van der Waals surface area (Å²) in [6.45, 7) is 0.638. The van der Waals surface area contributed by atoms with Crippen LogP contribution in [0.1, 0.15) is 12.8 Å². The Balaban J connectivity index is 1.25. The molecule has 1 fully saturated rings. The van der Waals surface area contributed by atoms with Gasteiger partial charge in [-0.05, 0) is 49.2 Å². The van der Waals surface area contributed by atoms with E-state index in [4.69, 9.17) is 32.7 Å². The quantitative estimate of drug-likeness (QED) is 0.523. The van der Waals surface area contributed by atoms with Gasteiger partial charge in [-0.15, -0.1) is 10.2 Å². The molecule has 170 valence electrons. The molecule has 1 unspecified atom stereocenters. The van der Waals surface area contributed by atoms with E-state index in [2.05, 4.69) is 20.8 Å². The number of nitrogens with one attached hydrogen (secondary N) is 2. The number of benzene rings is 2. The fourth-order valence-corrected chi connectivity index (χ4v) is 4.87. The predicted molar refractivity (Wildman–Crippen MR) is 125 cm³/mol. The third-order valence-corrected chi connectivity index (χ3v) is 6.70. The molecule has 0 saturated carbocycles. The predicted octanol–water partition coefficient (Wildman–Crippen LogP) is 4.88. The van der Waals surface area contributed by atoms with Gasteiger partial charge in [0.1, 0.15) is 11.0 Å². The minimum Gasteiger partial charge on any atom is -0.454 e. The van der Waals surface area contributed by atoms with Crippen molar-refractivity contribution in [3.8, 4) is 22.1 Å². The third kappa shape index (κ3) is 4.54. The van der Waals surface area contributed by atoms with E-state index in [-0.39, 0.29) is 12.7 Å². The van der Waals surface area contributed by atoms with E-state index in [0.717, 1.165) is 5.56 Å². The van der Waals surface area contributed by atoms with E-state index in [0.29, 0.717) is 56.8 Å². The van der Waals surface area contributed by atoms with Crippen LogP contribution < -0.4 is 20.1 Å². The molecule has 1 saturated heterocycles. The van der Waals surface area contributed by atoms with Gasteiger partial charge in [-0.25, -0.2) is 4.79 Å². The number of carbonyl (C=O) groups is 2. The highest BCUT2D eigenvalue weighted by Gasteiger charge is 2.35. The summed E-state index contributed by atoms with van der Waals surface area (Å²) < 4.78 is 10.7. The summed E-state index contributed by atoms with van der Waals surface area (Å²) in [6.07, 6.45) is 1.25. The molecule has 3 heterocycles. The first-order chi connectivity index (χ1) is 16.0. The number of carbonyl (C=O) groups excluding carboxylic acids is 2. The molecule has 2 aliphatic rings. The van der Waals surface area contributed by atoms with Crippen molar-refractivity contribution in [1.82, 2.24) is 15.1 Å². The molecule has 0 spiro atoms. The van der Waals surface area contributed by atoms with Gasteiger partial charge in [-0.1, -0.05) is 34.5 Å². The van der Waals surface area contributed by atoms with E-state index < -0.39 is 12.1 Å². The standard InChI is InChI=1S/C21H17Cl2N5O4S/c22-12-4-5-14(13(23)9-12)24-21(30)28-7-1-2-15(28)18(29)25-20-27-26-19(33-20)11-3-6-16-17(8-11)32-10-31-16/h3-6,8-9,15H,1-2,7,10H2,(H,24,30)(H,25,27,29). The molecular formula is C21H17Cl2N5O4S. The molecule has 0 bridgehead atoms. The van der Waals surface area contributed by atoms with Crippen molar-refractivity contribution in [1.29, 1.82) is 0 Å². The zero-order valence-corrected chi connectivity index (χ0v) is 19.3. The van der Waals surface area contributed by atoms with Gasteiger partial charge < -0.3 is 19.7 Å². The lowest BCUT2D eigenvalue weighted by Gasteiger charge is -2.24. The zero-order chi connectivity index (χ0) is 22.9. The largest absolute Gasteiger partial charge is 0.454 e. The molecule has 2 aromatic carbocycles.